The highest BCUT2D eigenvalue weighted by Crippen LogP contribution is 2.22. The van der Waals surface area contributed by atoms with Crippen LogP contribution < -0.4 is 10.2 Å². The predicted molar refractivity (Wildman–Crippen MR) is 107 cm³/mol. The second-order valence-corrected chi connectivity index (χ2v) is 9.39. The molecule has 0 bridgehead atoms. The summed E-state index contributed by atoms with van der Waals surface area (Å²) in [5.74, 6) is 2.40. The van der Waals surface area contributed by atoms with Gasteiger partial charge in [-0.1, -0.05) is 19.1 Å². The molecule has 1 aromatic heterocycles. The minimum Gasteiger partial charge on any atom is -0.366 e. The van der Waals surface area contributed by atoms with Crippen molar-refractivity contribution in [1.82, 2.24) is 14.3 Å². The van der Waals surface area contributed by atoms with Crippen LogP contribution in [0.2, 0.25) is 0 Å². The van der Waals surface area contributed by atoms with Crippen molar-refractivity contribution in [3.8, 4) is 0 Å². The molecule has 3 rings (SSSR count). The normalized spacial score (nSPS) is 17.9. The highest BCUT2D eigenvalue weighted by Gasteiger charge is 2.18. The molecule has 146 valence electrons. The molecule has 0 saturated carbocycles. The quantitative estimate of drug-likeness (QED) is 0.818. The topological polar surface area (TPSA) is 78.4 Å². The van der Waals surface area contributed by atoms with Gasteiger partial charge >= 0.3 is 0 Å². The van der Waals surface area contributed by atoms with E-state index in [-0.39, 0.29) is 0 Å². The molecule has 1 atom stereocenters. The summed E-state index contributed by atoms with van der Waals surface area (Å²) in [5, 5.41) is 3.29. The van der Waals surface area contributed by atoms with E-state index in [0.717, 1.165) is 30.3 Å². The van der Waals surface area contributed by atoms with Crippen LogP contribution in [-0.4, -0.2) is 49.9 Å². The van der Waals surface area contributed by atoms with Crippen molar-refractivity contribution < 1.29 is 8.42 Å². The van der Waals surface area contributed by atoms with E-state index in [1.165, 1.54) is 31.2 Å². The number of hydrogen-bond acceptors (Lipinski definition) is 6. The van der Waals surface area contributed by atoms with Crippen LogP contribution in [0.4, 0.5) is 11.6 Å². The molecular formula is C19H27N5O2S. The number of hydrogen-bond donors (Lipinski definition) is 1. The van der Waals surface area contributed by atoms with Crippen molar-refractivity contribution in [2.24, 2.45) is 5.92 Å². The molecule has 1 saturated heterocycles. The van der Waals surface area contributed by atoms with E-state index in [4.69, 9.17) is 0 Å². The summed E-state index contributed by atoms with van der Waals surface area (Å²) in [6.07, 6.45) is 4.05. The van der Waals surface area contributed by atoms with Gasteiger partial charge in [0, 0.05) is 39.8 Å². The van der Waals surface area contributed by atoms with E-state index < -0.39 is 10.0 Å². The zero-order chi connectivity index (χ0) is 19.4. The molecule has 1 aliphatic rings. The highest BCUT2D eigenvalue weighted by molar-refractivity contribution is 7.89. The summed E-state index contributed by atoms with van der Waals surface area (Å²) >= 11 is 0. The average molecular weight is 390 g/mol. The minimum atomic E-state index is -3.40. The molecule has 1 unspecified atom stereocenters. The first-order chi connectivity index (χ1) is 12.9. The number of benzene rings is 1. The van der Waals surface area contributed by atoms with Crippen molar-refractivity contribution in [3.05, 3.63) is 42.2 Å². The van der Waals surface area contributed by atoms with Gasteiger partial charge in [-0.2, -0.15) is 0 Å². The van der Waals surface area contributed by atoms with Gasteiger partial charge < -0.3 is 10.2 Å². The van der Waals surface area contributed by atoms with Crippen LogP contribution in [0.5, 0.6) is 0 Å². The van der Waals surface area contributed by atoms with Crippen LogP contribution in [0.15, 0.2) is 41.6 Å². The molecule has 8 heteroatoms. The third-order valence-electron chi connectivity index (χ3n) is 4.81. The fourth-order valence-corrected chi connectivity index (χ4v) is 4.10. The number of nitrogens with zero attached hydrogens (tertiary/aromatic N) is 4. The first kappa shape index (κ1) is 19.6. The first-order valence-electron chi connectivity index (χ1n) is 9.18. The summed E-state index contributed by atoms with van der Waals surface area (Å²) in [7, 11) is -0.340. The number of aromatic nitrogens is 2. The lowest BCUT2D eigenvalue weighted by molar-refractivity contribution is 0.444. The first-order valence-corrected chi connectivity index (χ1v) is 10.6. The van der Waals surface area contributed by atoms with Gasteiger partial charge in [0.15, 0.2) is 0 Å². The van der Waals surface area contributed by atoms with Crippen molar-refractivity contribution in [2.75, 3.05) is 37.4 Å². The van der Waals surface area contributed by atoms with E-state index in [1.807, 2.05) is 18.2 Å². The number of anilines is 2. The van der Waals surface area contributed by atoms with Crippen LogP contribution >= 0.6 is 0 Å². The Morgan fingerprint density at radius 3 is 2.63 bits per heavy atom. The molecule has 7 nitrogen and oxygen atoms in total. The number of rotatable bonds is 6. The largest absolute Gasteiger partial charge is 0.366 e. The predicted octanol–water partition coefficient (Wildman–Crippen LogP) is 2.58. The third-order valence-corrected chi connectivity index (χ3v) is 6.64. The van der Waals surface area contributed by atoms with Gasteiger partial charge in [0.1, 0.15) is 18.0 Å². The molecule has 1 fully saturated rings. The second kappa shape index (κ2) is 8.22. The van der Waals surface area contributed by atoms with Gasteiger partial charge in [-0.15, -0.1) is 0 Å². The van der Waals surface area contributed by atoms with Crippen LogP contribution in [0, 0.1) is 5.92 Å². The van der Waals surface area contributed by atoms with Gasteiger partial charge in [-0.25, -0.2) is 22.7 Å². The van der Waals surface area contributed by atoms with Crippen molar-refractivity contribution in [3.63, 3.8) is 0 Å². The lowest BCUT2D eigenvalue weighted by Gasteiger charge is -2.31. The van der Waals surface area contributed by atoms with Crippen molar-refractivity contribution in [1.29, 1.82) is 0 Å². The Morgan fingerprint density at radius 2 is 1.96 bits per heavy atom. The molecular weight excluding hydrogens is 362 g/mol. The summed E-state index contributed by atoms with van der Waals surface area (Å²) in [4.78, 5) is 11.3. The summed E-state index contributed by atoms with van der Waals surface area (Å²) in [6, 6.07) is 8.87. The molecule has 2 aromatic rings. The van der Waals surface area contributed by atoms with Crippen LogP contribution in [-0.2, 0) is 16.6 Å². The Hall–Kier alpha value is -2.19. The van der Waals surface area contributed by atoms with Gasteiger partial charge in [-0.05, 0) is 36.5 Å². The van der Waals surface area contributed by atoms with E-state index in [2.05, 4.69) is 27.1 Å². The molecule has 0 amide bonds. The summed E-state index contributed by atoms with van der Waals surface area (Å²) < 4.78 is 25.5. The lowest BCUT2D eigenvalue weighted by Crippen LogP contribution is -2.34. The van der Waals surface area contributed by atoms with Crippen LogP contribution in [0.25, 0.3) is 0 Å². The molecule has 0 spiro atoms. The van der Waals surface area contributed by atoms with E-state index in [9.17, 15) is 8.42 Å². The molecule has 0 radical (unpaired) electrons. The lowest BCUT2D eigenvalue weighted by atomic mass is 10.0. The maximum absolute atomic E-state index is 12.1. The molecule has 1 aliphatic heterocycles. The number of sulfonamides is 1. The van der Waals surface area contributed by atoms with Gasteiger partial charge in [-0.3, -0.25) is 0 Å². The van der Waals surface area contributed by atoms with Gasteiger partial charge in [0.2, 0.25) is 10.0 Å². The summed E-state index contributed by atoms with van der Waals surface area (Å²) in [6.45, 7) is 4.89. The van der Waals surface area contributed by atoms with Crippen LogP contribution in [0.1, 0.15) is 25.3 Å². The SMILES string of the molecule is CC1CCCN(c2cc(NCc3ccc(S(=O)(=O)N(C)C)cc3)ncn2)C1. The molecule has 0 aliphatic carbocycles. The summed E-state index contributed by atoms with van der Waals surface area (Å²) in [5.41, 5.74) is 0.986. The number of piperidine rings is 1. The maximum Gasteiger partial charge on any atom is 0.242 e. The zero-order valence-corrected chi connectivity index (χ0v) is 16.9. The molecule has 1 N–H and O–H groups in total. The maximum atomic E-state index is 12.1. The Bertz CT molecular complexity index is 868. The second-order valence-electron chi connectivity index (χ2n) is 7.24. The van der Waals surface area contributed by atoms with Crippen LogP contribution in [0.3, 0.4) is 0 Å². The Kier molecular flexibility index (Phi) is 5.96. The third kappa shape index (κ3) is 4.75. The molecule has 2 heterocycles. The Labute approximate surface area is 161 Å². The monoisotopic (exact) mass is 389 g/mol. The minimum absolute atomic E-state index is 0.291. The Balaban J connectivity index is 1.64. The smallest absolute Gasteiger partial charge is 0.242 e. The molecule has 1 aromatic carbocycles. The average Bonchev–Trinajstić information content (AvgIpc) is 2.67. The van der Waals surface area contributed by atoms with E-state index >= 15 is 0 Å². The standard InChI is InChI=1S/C19H27N5O2S/c1-15-5-4-10-24(13-15)19-11-18(21-14-22-19)20-12-16-6-8-17(9-7-16)27(25,26)23(2)3/h6-9,11,14-15H,4-5,10,12-13H2,1-3H3,(H,20,21,22). The van der Waals surface area contributed by atoms with E-state index in [0.29, 0.717) is 17.4 Å². The highest BCUT2D eigenvalue weighted by atomic mass is 32.2. The van der Waals surface area contributed by atoms with E-state index in [1.54, 1.807) is 18.5 Å². The fourth-order valence-electron chi connectivity index (χ4n) is 3.20. The fraction of sp³-hybridized carbons (Fsp3) is 0.474. The van der Waals surface area contributed by atoms with Crippen molar-refractivity contribution >= 4 is 21.7 Å². The van der Waals surface area contributed by atoms with Gasteiger partial charge in [0.25, 0.3) is 0 Å². The zero-order valence-electron chi connectivity index (χ0n) is 16.1. The Morgan fingerprint density at radius 1 is 1.22 bits per heavy atom. The van der Waals surface area contributed by atoms with Gasteiger partial charge in [0.05, 0.1) is 4.90 Å². The van der Waals surface area contributed by atoms with Crippen molar-refractivity contribution in [2.45, 2.75) is 31.2 Å². The number of nitrogens with one attached hydrogen (secondary N) is 1. The molecule has 27 heavy (non-hydrogen) atoms.